The van der Waals surface area contributed by atoms with Gasteiger partial charge in [0.15, 0.2) is 0 Å². The lowest BCUT2D eigenvalue weighted by atomic mass is 9.89. The Kier molecular flexibility index (Phi) is 8.13. The van der Waals surface area contributed by atoms with Crippen molar-refractivity contribution in [3.05, 3.63) is 0 Å². The van der Waals surface area contributed by atoms with E-state index in [0.717, 1.165) is 0 Å². The Bertz CT molecular complexity index is 754. The molecule has 0 unspecified atom stereocenters. The zero-order valence-electron chi connectivity index (χ0n) is 15.5. The average Bonchev–Trinajstić information content (AvgIpc) is 2.58. The summed E-state index contributed by atoms with van der Waals surface area (Å²) in [5.41, 5.74) is -2.29. The summed E-state index contributed by atoms with van der Waals surface area (Å²) in [5, 5.41) is 10.7. The van der Waals surface area contributed by atoms with Crippen molar-refractivity contribution in [3.8, 4) is 6.07 Å². The smallest absolute Gasteiger partial charge is 0.427 e. The number of nitrogens with zero attached hydrogens (tertiary/aromatic N) is 2. The summed E-state index contributed by atoms with van der Waals surface area (Å²) in [7, 11) is 0. The largest absolute Gasteiger partial charge is 0.535 e. The maximum Gasteiger partial charge on any atom is 0.535 e. The highest BCUT2D eigenvalue weighted by molar-refractivity contribution is 5.75. The zero-order chi connectivity index (χ0) is 26.0. The van der Waals surface area contributed by atoms with Crippen LogP contribution in [0.2, 0.25) is 0 Å². The summed E-state index contributed by atoms with van der Waals surface area (Å²) in [6.07, 6.45) is -13.1. The Balaban J connectivity index is 5.75. The van der Waals surface area contributed by atoms with Gasteiger partial charge in [0.25, 0.3) is 0 Å². The van der Waals surface area contributed by atoms with Crippen LogP contribution in [0, 0.1) is 11.3 Å². The molecule has 0 bridgehead atoms. The maximum absolute atomic E-state index is 13.7. The van der Waals surface area contributed by atoms with Crippen LogP contribution < -0.4 is 0 Å². The minimum atomic E-state index is -7.99. The van der Waals surface area contributed by atoms with E-state index in [1.54, 1.807) is 0 Å². The SMILES string of the molecule is CC(C)(CCC(F)(F)C(F)(F)C(F)(F)C(F)(F)C(F)(F)C(F)(F)F)OC(=O)ON=CC#N. The molecule has 0 radical (unpaired) electrons. The van der Waals surface area contributed by atoms with Crippen LogP contribution in [0.15, 0.2) is 5.16 Å². The van der Waals surface area contributed by atoms with Crippen LogP contribution in [0.5, 0.6) is 0 Å². The van der Waals surface area contributed by atoms with Gasteiger partial charge >= 0.3 is 41.9 Å². The molecule has 0 saturated heterocycles. The lowest BCUT2D eigenvalue weighted by molar-refractivity contribution is -0.440. The quantitative estimate of drug-likeness (QED) is 0.129. The standard InChI is InChI=1S/C14H11F13N2O3/c1-8(2,31-7(30)32-29-6-5-28)3-4-9(15,16)10(17,18)11(19,20)12(21,22)13(23,24)14(25,26)27/h6H,3-4H2,1-2H3. The highest BCUT2D eigenvalue weighted by Crippen LogP contribution is 2.60. The molecule has 0 aliphatic carbocycles. The van der Waals surface area contributed by atoms with Gasteiger partial charge in [0.2, 0.25) is 0 Å². The summed E-state index contributed by atoms with van der Waals surface area (Å²) in [6, 6.07) is 1.23. The van der Waals surface area contributed by atoms with Gasteiger partial charge in [-0.1, -0.05) is 5.16 Å². The molecule has 0 aliphatic rings. The molecule has 32 heavy (non-hydrogen) atoms. The van der Waals surface area contributed by atoms with Crippen molar-refractivity contribution in [2.75, 3.05) is 0 Å². The molecule has 0 fully saturated rings. The number of carbonyl (C=O) groups is 1. The van der Waals surface area contributed by atoms with Crippen molar-refractivity contribution in [2.24, 2.45) is 5.16 Å². The molecule has 0 rings (SSSR count). The van der Waals surface area contributed by atoms with Crippen LogP contribution >= 0.6 is 0 Å². The molecule has 0 aromatic heterocycles. The van der Waals surface area contributed by atoms with E-state index < -0.39 is 60.4 Å². The number of ether oxygens (including phenoxy) is 1. The Hall–Kier alpha value is -2.48. The minimum absolute atomic E-state index is 0.335. The number of rotatable bonds is 9. The lowest BCUT2D eigenvalue weighted by Gasteiger charge is -2.40. The normalized spacial score (nSPS) is 14.9. The zero-order valence-corrected chi connectivity index (χ0v) is 15.5. The van der Waals surface area contributed by atoms with Crippen LogP contribution in [-0.2, 0) is 9.57 Å². The van der Waals surface area contributed by atoms with Gasteiger partial charge in [0.05, 0.1) is 0 Å². The third-order valence-electron chi connectivity index (χ3n) is 3.64. The van der Waals surface area contributed by atoms with Crippen LogP contribution in [0.25, 0.3) is 0 Å². The van der Waals surface area contributed by atoms with Gasteiger partial charge in [-0.15, -0.1) is 0 Å². The first-order valence-corrected chi connectivity index (χ1v) is 7.68. The Labute approximate surface area is 169 Å². The number of oxime groups is 1. The molecule has 186 valence electrons. The molecule has 18 heteroatoms. The summed E-state index contributed by atoms with van der Waals surface area (Å²) in [5.74, 6) is -37.4. The van der Waals surface area contributed by atoms with Gasteiger partial charge in [0.1, 0.15) is 17.9 Å². The predicted octanol–water partition coefficient (Wildman–Crippen LogP) is 5.95. The molecule has 0 spiro atoms. The van der Waals surface area contributed by atoms with Gasteiger partial charge < -0.3 is 4.74 Å². The fourth-order valence-corrected chi connectivity index (χ4v) is 1.81. The van der Waals surface area contributed by atoms with E-state index in [9.17, 15) is 61.9 Å². The number of hydrogen-bond acceptors (Lipinski definition) is 5. The second kappa shape index (κ2) is 8.81. The molecule has 5 nitrogen and oxygen atoms in total. The number of hydrogen-bond donors (Lipinski definition) is 0. The van der Waals surface area contributed by atoms with E-state index >= 15 is 0 Å². The molecular weight excluding hydrogens is 491 g/mol. The first-order valence-electron chi connectivity index (χ1n) is 7.68. The molecule has 0 aliphatic heterocycles. The Morgan fingerprint density at radius 1 is 0.812 bits per heavy atom. The Morgan fingerprint density at radius 2 is 1.25 bits per heavy atom. The number of carbonyl (C=O) groups excluding carboxylic acids is 1. The van der Waals surface area contributed by atoms with Gasteiger partial charge in [-0.2, -0.15) is 62.3 Å². The maximum atomic E-state index is 13.7. The topological polar surface area (TPSA) is 71.7 Å². The summed E-state index contributed by atoms with van der Waals surface area (Å²) < 4.78 is 173. The molecule has 0 atom stereocenters. The highest BCUT2D eigenvalue weighted by atomic mass is 19.4. The fourth-order valence-electron chi connectivity index (χ4n) is 1.81. The summed E-state index contributed by atoms with van der Waals surface area (Å²) in [4.78, 5) is 15.0. The average molecular weight is 502 g/mol. The van der Waals surface area contributed by atoms with E-state index in [4.69, 9.17) is 5.26 Å². The molecule has 0 heterocycles. The summed E-state index contributed by atoms with van der Waals surface area (Å²) >= 11 is 0. The van der Waals surface area contributed by atoms with Crippen molar-refractivity contribution in [2.45, 2.75) is 68.1 Å². The molecule has 0 amide bonds. The third kappa shape index (κ3) is 5.46. The third-order valence-corrected chi connectivity index (χ3v) is 3.64. The minimum Gasteiger partial charge on any atom is -0.427 e. The predicted molar refractivity (Wildman–Crippen MR) is 75.8 cm³/mol. The monoisotopic (exact) mass is 502 g/mol. The van der Waals surface area contributed by atoms with Gasteiger partial charge in [-0.25, -0.2) is 4.79 Å². The van der Waals surface area contributed by atoms with E-state index in [2.05, 4.69) is 14.7 Å². The Morgan fingerprint density at radius 3 is 1.66 bits per heavy atom. The van der Waals surface area contributed by atoms with Gasteiger partial charge in [-0.05, 0) is 20.3 Å². The van der Waals surface area contributed by atoms with Crippen molar-refractivity contribution < 1.29 is 71.4 Å². The fraction of sp³-hybridized carbons (Fsp3) is 0.786. The first-order chi connectivity index (χ1) is 13.9. The molecule has 0 N–H and O–H groups in total. The van der Waals surface area contributed by atoms with Gasteiger partial charge in [-0.3, -0.25) is 4.84 Å². The van der Waals surface area contributed by atoms with E-state index in [0.29, 0.717) is 20.1 Å². The van der Waals surface area contributed by atoms with E-state index in [1.165, 1.54) is 6.07 Å². The molecule has 0 saturated carbocycles. The van der Waals surface area contributed by atoms with Crippen LogP contribution in [0.4, 0.5) is 61.9 Å². The molecule has 0 aromatic carbocycles. The molecule has 0 aromatic rings. The van der Waals surface area contributed by atoms with Crippen molar-refractivity contribution in [3.63, 3.8) is 0 Å². The van der Waals surface area contributed by atoms with Crippen LogP contribution in [-0.4, -0.2) is 53.8 Å². The number of alkyl halides is 13. The number of nitriles is 1. The van der Waals surface area contributed by atoms with Crippen LogP contribution in [0.3, 0.4) is 0 Å². The van der Waals surface area contributed by atoms with Crippen molar-refractivity contribution in [1.82, 2.24) is 0 Å². The van der Waals surface area contributed by atoms with E-state index in [-0.39, 0.29) is 0 Å². The lowest BCUT2D eigenvalue weighted by Crippen LogP contribution is -2.70. The summed E-state index contributed by atoms with van der Waals surface area (Å²) in [6.45, 7) is 1.39. The number of halogens is 13. The van der Waals surface area contributed by atoms with Gasteiger partial charge in [0, 0.05) is 6.42 Å². The van der Waals surface area contributed by atoms with Crippen molar-refractivity contribution in [1.29, 1.82) is 5.26 Å². The van der Waals surface area contributed by atoms with Crippen molar-refractivity contribution >= 4 is 12.4 Å². The van der Waals surface area contributed by atoms with Crippen LogP contribution in [0.1, 0.15) is 26.7 Å². The van der Waals surface area contributed by atoms with E-state index in [1.807, 2.05) is 0 Å². The highest BCUT2D eigenvalue weighted by Gasteiger charge is 2.90. The molecular formula is C14H11F13N2O3. The first kappa shape index (κ1) is 29.5. The second-order valence-corrected chi connectivity index (χ2v) is 6.57. The second-order valence-electron chi connectivity index (χ2n) is 6.57.